The van der Waals surface area contributed by atoms with E-state index in [0.717, 1.165) is 0 Å². The Morgan fingerprint density at radius 3 is 2.65 bits per heavy atom. The summed E-state index contributed by atoms with van der Waals surface area (Å²) in [6.45, 7) is -0.0689. The molecule has 2 heterocycles. The molecule has 0 saturated heterocycles. The summed E-state index contributed by atoms with van der Waals surface area (Å²) in [5, 5.41) is 7.30. The molecule has 0 unspecified atom stereocenters. The molecule has 1 amide bonds. The highest BCUT2D eigenvalue weighted by atomic mass is 35.5. The monoisotopic (exact) mass is 328 g/mol. The second kappa shape index (κ2) is 6.93. The van der Waals surface area contributed by atoms with Gasteiger partial charge < -0.3 is 10.1 Å². The zero-order valence-electron chi connectivity index (χ0n) is 12.0. The van der Waals surface area contributed by atoms with E-state index in [1.165, 1.54) is 6.20 Å². The van der Waals surface area contributed by atoms with Crippen LogP contribution in [-0.4, -0.2) is 27.3 Å². The highest BCUT2D eigenvalue weighted by Crippen LogP contribution is 2.13. The Kier molecular flexibility index (Phi) is 4.54. The summed E-state index contributed by atoms with van der Waals surface area (Å²) in [7, 11) is 0. The van der Waals surface area contributed by atoms with Crippen LogP contribution in [0.2, 0.25) is 5.02 Å². The number of hydrogen-bond donors (Lipinski definition) is 1. The number of ether oxygens (including phenoxy) is 1. The largest absolute Gasteiger partial charge is 0.484 e. The molecule has 0 spiro atoms. The van der Waals surface area contributed by atoms with Gasteiger partial charge in [0.05, 0.1) is 29.3 Å². The second-order valence-electron chi connectivity index (χ2n) is 4.66. The number of aromatic nitrogens is 3. The Morgan fingerprint density at radius 1 is 1.17 bits per heavy atom. The molecule has 116 valence electrons. The summed E-state index contributed by atoms with van der Waals surface area (Å²) < 4.78 is 6.92. The van der Waals surface area contributed by atoms with Crippen LogP contribution in [0.25, 0.3) is 5.82 Å². The van der Waals surface area contributed by atoms with Gasteiger partial charge in [0.1, 0.15) is 5.75 Å². The number of pyridine rings is 1. The lowest BCUT2D eigenvalue weighted by Crippen LogP contribution is -2.20. The number of carbonyl (C=O) groups excluding carboxylic acids is 1. The molecule has 3 rings (SSSR count). The molecule has 0 atom stereocenters. The molecule has 0 aliphatic carbocycles. The van der Waals surface area contributed by atoms with Gasteiger partial charge in [0.15, 0.2) is 12.4 Å². The van der Waals surface area contributed by atoms with Crippen LogP contribution < -0.4 is 10.1 Å². The number of carbonyl (C=O) groups is 1. The highest BCUT2D eigenvalue weighted by Gasteiger charge is 2.05. The van der Waals surface area contributed by atoms with E-state index in [1.807, 2.05) is 18.2 Å². The first-order valence-corrected chi connectivity index (χ1v) is 7.23. The van der Waals surface area contributed by atoms with Crippen molar-refractivity contribution in [1.29, 1.82) is 0 Å². The lowest BCUT2D eigenvalue weighted by Gasteiger charge is -2.07. The van der Waals surface area contributed by atoms with Crippen LogP contribution in [0.4, 0.5) is 5.69 Å². The molecule has 0 fully saturated rings. The molecule has 0 aliphatic heterocycles. The molecule has 23 heavy (non-hydrogen) atoms. The molecule has 7 heteroatoms. The minimum atomic E-state index is -0.259. The Labute approximate surface area is 137 Å². The van der Waals surface area contributed by atoms with Gasteiger partial charge >= 0.3 is 0 Å². The van der Waals surface area contributed by atoms with Gasteiger partial charge in [0.25, 0.3) is 5.91 Å². The smallest absolute Gasteiger partial charge is 0.262 e. The van der Waals surface area contributed by atoms with Crippen molar-refractivity contribution >= 4 is 23.2 Å². The standard InChI is InChI=1S/C16H13ClN4O2/c17-12-8-19-21(10-12)15-7-6-13(9-18-15)20-16(22)11-23-14-4-2-1-3-5-14/h1-10H,11H2,(H,20,22). The predicted molar refractivity (Wildman–Crippen MR) is 86.9 cm³/mol. The molecule has 1 aromatic carbocycles. The van der Waals surface area contributed by atoms with Crippen LogP contribution in [0.15, 0.2) is 61.1 Å². The van der Waals surface area contributed by atoms with Crippen molar-refractivity contribution in [2.45, 2.75) is 0 Å². The van der Waals surface area contributed by atoms with E-state index in [2.05, 4.69) is 15.4 Å². The van der Waals surface area contributed by atoms with Crippen LogP contribution in [0.5, 0.6) is 5.75 Å². The Morgan fingerprint density at radius 2 is 2.00 bits per heavy atom. The van der Waals surface area contributed by atoms with E-state index in [1.54, 1.807) is 41.3 Å². The average molecular weight is 329 g/mol. The number of para-hydroxylation sites is 1. The lowest BCUT2D eigenvalue weighted by molar-refractivity contribution is -0.118. The number of nitrogens with one attached hydrogen (secondary N) is 1. The quantitative estimate of drug-likeness (QED) is 0.782. The Balaban J connectivity index is 1.56. The molecule has 1 N–H and O–H groups in total. The molecule has 0 aliphatic rings. The Bertz CT molecular complexity index is 787. The maximum Gasteiger partial charge on any atom is 0.262 e. The van der Waals surface area contributed by atoms with Crippen molar-refractivity contribution in [3.05, 3.63) is 66.1 Å². The molecule has 2 aromatic heterocycles. The number of hydrogen-bond acceptors (Lipinski definition) is 4. The summed E-state index contributed by atoms with van der Waals surface area (Å²) in [4.78, 5) is 16.1. The first kappa shape index (κ1) is 15.1. The first-order chi connectivity index (χ1) is 11.2. The topological polar surface area (TPSA) is 69.0 Å². The SMILES string of the molecule is O=C(COc1ccccc1)Nc1ccc(-n2cc(Cl)cn2)nc1. The minimum absolute atomic E-state index is 0.0689. The van der Waals surface area contributed by atoms with Crippen molar-refractivity contribution in [1.82, 2.24) is 14.8 Å². The van der Waals surface area contributed by atoms with Gasteiger partial charge in [0, 0.05) is 0 Å². The third-order valence-corrected chi connectivity index (χ3v) is 3.13. The van der Waals surface area contributed by atoms with Gasteiger partial charge in [-0.2, -0.15) is 5.10 Å². The fourth-order valence-electron chi connectivity index (χ4n) is 1.88. The van der Waals surface area contributed by atoms with E-state index < -0.39 is 0 Å². The fraction of sp³-hybridized carbons (Fsp3) is 0.0625. The Hall–Kier alpha value is -2.86. The summed E-state index contributed by atoms with van der Waals surface area (Å²) in [5.74, 6) is 0.993. The summed E-state index contributed by atoms with van der Waals surface area (Å²) in [6.07, 6.45) is 4.72. The highest BCUT2D eigenvalue weighted by molar-refractivity contribution is 6.30. The molecule has 0 bridgehead atoms. The maximum absolute atomic E-state index is 11.8. The van der Waals surface area contributed by atoms with E-state index in [-0.39, 0.29) is 12.5 Å². The zero-order valence-corrected chi connectivity index (χ0v) is 12.8. The zero-order chi connectivity index (χ0) is 16.1. The third-order valence-electron chi connectivity index (χ3n) is 2.93. The van der Waals surface area contributed by atoms with Gasteiger partial charge in [-0.05, 0) is 24.3 Å². The third kappa shape index (κ3) is 4.08. The number of amides is 1. The van der Waals surface area contributed by atoms with E-state index in [4.69, 9.17) is 16.3 Å². The molecule has 6 nitrogen and oxygen atoms in total. The fourth-order valence-corrected chi connectivity index (χ4v) is 2.02. The number of nitrogens with zero attached hydrogens (tertiary/aromatic N) is 3. The summed E-state index contributed by atoms with van der Waals surface area (Å²) >= 11 is 5.81. The second-order valence-corrected chi connectivity index (χ2v) is 5.09. The summed E-state index contributed by atoms with van der Waals surface area (Å²) in [5.41, 5.74) is 0.577. The van der Waals surface area contributed by atoms with Gasteiger partial charge in [-0.15, -0.1) is 0 Å². The minimum Gasteiger partial charge on any atom is -0.484 e. The number of halogens is 1. The van der Waals surface area contributed by atoms with Crippen molar-refractivity contribution in [2.75, 3.05) is 11.9 Å². The van der Waals surface area contributed by atoms with Gasteiger partial charge in [0.2, 0.25) is 0 Å². The van der Waals surface area contributed by atoms with E-state index in [9.17, 15) is 4.79 Å². The predicted octanol–water partition coefficient (Wildman–Crippen LogP) is 2.94. The first-order valence-electron chi connectivity index (χ1n) is 6.85. The van der Waals surface area contributed by atoms with Crippen molar-refractivity contribution in [3.63, 3.8) is 0 Å². The van der Waals surface area contributed by atoms with Crippen molar-refractivity contribution in [3.8, 4) is 11.6 Å². The summed E-state index contributed by atoms with van der Waals surface area (Å²) in [6, 6.07) is 12.6. The molecular formula is C16H13ClN4O2. The van der Waals surface area contributed by atoms with Crippen LogP contribution in [0.1, 0.15) is 0 Å². The van der Waals surface area contributed by atoms with Crippen LogP contribution in [0.3, 0.4) is 0 Å². The van der Waals surface area contributed by atoms with Crippen LogP contribution >= 0.6 is 11.6 Å². The average Bonchev–Trinajstić information content (AvgIpc) is 3.01. The molecule has 3 aromatic rings. The van der Waals surface area contributed by atoms with Crippen molar-refractivity contribution in [2.24, 2.45) is 0 Å². The number of rotatable bonds is 5. The number of anilines is 1. The van der Waals surface area contributed by atoms with Gasteiger partial charge in [-0.1, -0.05) is 29.8 Å². The lowest BCUT2D eigenvalue weighted by atomic mass is 10.3. The van der Waals surface area contributed by atoms with E-state index in [0.29, 0.717) is 22.3 Å². The van der Waals surface area contributed by atoms with Gasteiger partial charge in [-0.25, -0.2) is 9.67 Å². The van der Waals surface area contributed by atoms with Crippen LogP contribution in [0, 0.1) is 0 Å². The maximum atomic E-state index is 11.8. The van der Waals surface area contributed by atoms with E-state index >= 15 is 0 Å². The van der Waals surface area contributed by atoms with Gasteiger partial charge in [-0.3, -0.25) is 4.79 Å². The van der Waals surface area contributed by atoms with Crippen molar-refractivity contribution < 1.29 is 9.53 Å². The molecular weight excluding hydrogens is 316 g/mol. The molecule has 0 radical (unpaired) electrons. The molecule has 0 saturated carbocycles. The van der Waals surface area contributed by atoms with Crippen LogP contribution in [-0.2, 0) is 4.79 Å². The normalized spacial score (nSPS) is 10.3. The number of benzene rings is 1.